The van der Waals surface area contributed by atoms with Gasteiger partial charge in [-0.3, -0.25) is 14.4 Å². The van der Waals surface area contributed by atoms with Crippen LogP contribution >= 0.6 is 0 Å². The molecule has 1 saturated heterocycles. The van der Waals surface area contributed by atoms with Crippen LogP contribution in [0.2, 0.25) is 0 Å². The van der Waals surface area contributed by atoms with Crippen LogP contribution in [0.1, 0.15) is 74.1 Å². The fourth-order valence-corrected chi connectivity index (χ4v) is 7.42. The number of ether oxygens (including phenoxy) is 4. The van der Waals surface area contributed by atoms with Crippen LogP contribution < -0.4 is 0 Å². The first-order valence-electron chi connectivity index (χ1n) is 12.2. The lowest BCUT2D eigenvalue weighted by atomic mass is 9.48. The lowest BCUT2D eigenvalue weighted by molar-refractivity contribution is -0.244. The van der Waals surface area contributed by atoms with Gasteiger partial charge in [0.15, 0.2) is 0 Å². The van der Waals surface area contributed by atoms with Crippen molar-refractivity contribution in [2.24, 2.45) is 28.6 Å². The molecule has 2 saturated carbocycles. The first-order valence-corrected chi connectivity index (χ1v) is 12.2. The fraction of sp³-hybridized carbons (Fsp3) is 0.808. The SMILES string of the molecule is CC(=O)O[C@H]1C[C@H]2C[C@@H]3[C@@H]4CO[C@@H]4C[C@H](OC(C)=O)[C@]3(C)C[C@H](OC(C)=O)C(=C1C)C2(C)C. The molecule has 0 radical (unpaired) electrons. The maximum absolute atomic E-state index is 12.3. The Hall–Kier alpha value is -1.89. The van der Waals surface area contributed by atoms with Crippen molar-refractivity contribution in [2.45, 2.75) is 98.6 Å². The predicted octanol–water partition coefficient (Wildman–Crippen LogP) is 3.98. The van der Waals surface area contributed by atoms with Crippen molar-refractivity contribution in [3.05, 3.63) is 11.1 Å². The van der Waals surface area contributed by atoms with E-state index >= 15 is 0 Å². The third kappa shape index (κ3) is 4.11. The third-order valence-electron chi connectivity index (χ3n) is 9.06. The second-order valence-corrected chi connectivity index (χ2v) is 11.4. The van der Waals surface area contributed by atoms with Crippen LogP contribution in [0.4, 0.5) is 0 Å². The zero-order valence-electron chi connectivity index (χ0n) is 20.9. The van der Waals surface area contributed by atoms with Gasteiger partial charge in [-0.2, -0.15) is 0 Å². The van der Waals surface area contributed by atoms with E-state index < -0.39 is 6.10 Å². The number of rotatable bonds is 3. The van der Waals surface area contributed by atoms with Crippen molar-refractivity contribution in [3.8, 4) is 0 Å². The molecule has 184 valence electrons. The highest BCUT2D eigenvalue weighted by atomic mass is 16.6. The molecule has 3 aliphatic carbocycles. The molecule has 0 N–H and O–H groups in total. The standard InChI is InChI=1S/C26H38O7/c1-13-20(31-14(2)27)9-17-8-19-18-12-30-21(18)10-23(33-16(4)29)26(19,7)11-22(32-15(3)28)24(13)25(17,5)6/h17-23H,8-12H2,1-7H3/t17-,18+,19-,20+,21-,22+,23+,26-/m1/s1. The van der Waals surface area contributed by atoms with E-state index in [1.807, 2.05) is 6.92 Å². The number of carbonyl (C=O) groups excluding carboxylic acids is 3. The van der Waals surface area contributed by atoms with Crippen LogP contribution in [0.5, 0.6) is 0 Å². The first kappa shape index (κ1) is 24.2. The molecule has 4 aliphatic rings. The van der Waals surface area contributed by atoms with Gasteiger partial charge in [0.2, 0.25) is 0 Å². The zero-order valence-corrected chi connectivity index (χ0v) is 20.9. The van der Waals surface area contributed by atoms with Gasteiger partial charge in [0.05, 0.1) is 12.7 Å². The molecule has 33 heavy (non-hydrogen) atoms. The Labute approximate surface area is 196 Å². The quantitative estimate of drug-likeness (QED) is 0.356. The molecule has 0 aromatic carbocycles. The molecule has 1 aliphatic heterocycles. The molecule has 0 aromatic rings. The summed E-state index contributed by atoms with van der Waals surface area (Å²) in [6.07, 6.45) is 1.89. The lowest BCUT2D eigenvalue weighted by Gasteiger charge is -2.61. The molecule has 0 amide bonds. The van der Waals surface area contributed by atoms with Crippen molar-refractivity contribution in [1.29, 1.82) is 0 Å². The summed E-state index contributed by atoms with van der Waals surface area (Å²) in [6.45, 7) is 13.7. The second kappa shape index (κ2) is 8.40. The molecule has 2 bridgehead atoms. The molecule has 7 nitrogen and oxygen atoms in total. The van der Waals surface area contributed by atoms with Gasteiger partial charge in [-0.05, 0) is 54.6 Å². The van der Waals surface area contributed by atoms with E-state index in [1.54, 1.807) is 0 Å². The molecule has 4 rings (SSSR count). The van der Waals surface area contributed by atoms with Gasteiger partial charge in [0.25, 0.3) is 0 Å². The summed E-state index contributed by atoms with van der Waals surface area (Å²) in [5.74, 6) is -0.0861. The van der Waals surface area contributed by atoms with E-state index in [-0.39, 0.29) is 58.9 Å². The topological polar surface area (TPSA) is 88.1 Å². The van der Waals surface area contributed by atoms with Gasteiger partial charge in [0.1, 0.15) is 18.3 Å². The van der Waals surface area contributed by atoms with E-state index in [0.717, 1.165) is 24.0 Å². The molecule has 8 atom stereocenters. The molecule has 0 spiro atoms. The van der Waals surface area contributed by atoms with Gasteiger partial charge in [-0.15, -0.1) is 0 Å². The summed E-state index contributed by atoms with van der Waals surface area (Å²) in [5.41, 5.74) is 1.44. The highest BCUT2D eigenvalue weighted by Crippen LogP contribution is 2.61. The van der Waals surface area contributed by atoms with E-state index in [1.165, 1.54) is 20.8 Å². The average Bonchev–Trinajstić information content (AvgIpc) is 2.64. The maximum atomic E-state index is 12.3. The monoisotopic (exact) mass is 462 g/mol. The molecular weight excluding hydrogens is 424 g/mol. The smallest absolute Gasteiger partial charge is 0.303 e. The predicted molar refractivity (Wildman–Crippen MR) is 120 cm³/mol. The highest BCUT2D eigenvalue weighted by molar-refractivity contribution is 5.68. The average molecular weight is 463 g/mol. The summed E-state index contributed by atoms with van der Waals surface area (Å²) in [7, 11) is 0. The van der Waals surface area contributed by atoms with Crippen LogP contribution in [0.15, 0.2) is 11.1 Å². The molecule has 0 aromatic heterocycles. The van der Waals surface area contributed by atoms with Gasteiger partial charge < -0.3 is 18.9 Å². The van der Waals surface area contributed by atoms with Gasteiger partial charge in [-0.1, -0.05) is 20.8 Å². The molecule has 0 unspecified atom stereocenters. The second-order valence-electron chi connectivity index (χ2n) is 11.4. The normalized spacial score (nSPS) is 41.4. The van der Waals surface area contributed by atoms with E-state index in [9.17, 15) is 14.4 Å². The van der Waals surface area contributed by atoms with E-state index in [0.29, 0.717) is 25.4 Å². The van der Waals surface area contributed by atoms with Crippen LogP contribution in [0, 0.1) is 28.6 Å². The molecular formula is C26H38O7. The minimum absolute atomic E-state index is 0.0896. The van der Waals surface area contributed by atoms with E-state index in [2.05, 4.69) is 20.8 Å². The lowest BCUT2D eigenvalue weighted by Crippen LogP contribution is -2.63. The van der Waals surface area contributed by atoms with Crippen LogP contribution in [0.3, 0.4) is 0 Å². The number of hydrogen-bond acceptors (Lipinski definition) is 7. The van der Waals surface area contributed by atoms with E-state index in [4.69, 9.17) is 18.9 Å². The molecule has 7 heteroatoms. The number of carbonyl (C=O) groups is 3. The summed E-state index contributed by atoms with van der Waals surface area (Å²) in [5, 5.41) is 0. The highest BCUT2D eigenvalue weighted by Gasteiger charge is 2.61. The summed E-state index contributed by atoms with van der Waals surface area (Å²) in [4.78, 5) is 36.2. The summed E-state index contributed by atoms with van der Waals surface area (Å²) in [6, 6.07) is 0. The van der Waals surface area contributed by atoms with Crippen LogP contribution in [-0.4, -0.2) is 48.9 Å². The van der Waals surface area contributed by atoms with Gasteiger partial charge in [0, 0.05) is 38.5 Å². The van der Waals surface area contributed by atoms with Crippen molar-refractivity contribution in [2.75, 3.05) is 6.61 Å². The Kier molecular flexibility index (Phi) is 6.17. The number of esters is 3. The van der Waals surface area contributed by atoms with Gasteiger partial charge in [-0.25, -0.2) is 0 Å². The first-order chi connectivity index (χ1) is 15.3. The van der Waals surface area contributed by atoms with Crippen molar-refractivity contribution in [1.82, 2.24) is 0 Å². The molecule has 1 heterocycles. The van der Waals surface area contributed by atoms with Crippen LogP contribution in [0.25, 0.3) is 0 Å². The minimum Gasteiger partial charge on any atom is -0.462 e. The van der Waals surface area contributed by atoms with Crippen molar-refractivity contribution >= 4 is 17.9 Å². The largest absolute Gasteiger partial charge is 0.462 e. The van der Waals surface area contributed by atoms with Crippen molar-refractivity contribution in [3.63, 3.8) is 0 Å². The van der Waals surface area contributed by atoms with Gasteiger partial charge >= 0.3 is 17.9 Å². The summed E-state index contributed by atoms with van der Waals surface area (Å²) < 4.78 is 23.6. The minimum atomic E-state index is -0.471. The van der Waals surface area contributed by atoms with Crippen LogP contribution in [-0.2, 0) is 33.3 Å². The molecule has 3 fully saturated rings. The third-order valence-corrected chi connectivity index (χ3v) is 9.06. The number of hydrogen-bond donors (Lipinski definition) is 0. The Balaban J connectivity index is 1.84. The Morgan fingerprint density at radius 2 is 1.48 bits per heavy atom. The summed E-state index contributed by atoms with van der Waals surface area (Å²) >= 11 is 0. The Morgan fingerprint density at radius 1 is 0.879 bits per heavy atom. The van der Waals surface area contributed by atoms with Crippen molar-refractivity contribution < 1.29 is 33.3 Å². The maximum Gasteiger partial charge on any atom is 0.303 e. The fourth-order valence-electron chi connectivity index (χ4n) is 7.42. The Bertz CT molecular complexity index is 874. The Morgan fingerprint density at radius 3 is 2.03 bits per heavy atom. The zero-order chi connectivity index (χ0) is 24.3. The number of fused-ring (bicyclic) bond motifs is 5.